The molecule has 0 aromatic heterocycles. The molecule has 92 valence electrons. The predicted octanol–water partition coefficient (Wildman–Crippen LogP) is 2.89. The number of thiocarbonyl (C=S) groups is 1. The lowest BCUT2D eigenvalue weighted by Gasteiger charge is -2.24. The monoisotopic (exact) mass is 249 g/mol. The number of rotatable bonds is 2. The van der Waals surface area contributed by atoms with Crippen LogP contribution in [0.2, 0.25) is 0 Å². The zero-order valence-corrected chi connectivity index (χ0v) is 10.7. The van der Waals surface area contributed by atoms with Gasteiger partial charge in [0.25, 0.3) is 0 Å². The maximum atomic E-state index is 5.63. The van der Waals surface area contributed by atoms with Gasteiger partial charge in [-0.15, -0.1) is 0 Å². The topological polar surface area (TPSA) is 50.1 Å². The molecule has 1 aromatic carbocycles. The van der Waals surface area contributed by atoms with E-state index in [1.54, 1.807) is 0 Å². The second-order valence-electron chi connectivity index (χ2n) is 4.56. The summed E-state index contributed by atoms with van der Waals surface area (Å²) in [6.07, 6.45) is 6.42. The third-order valence-corrected chi connectivity index (χ3v) is 3.33. The molecular formula is C13H19N3S. The van der Waals surface area contributed by atoms with Gasteiger partial charge in [0.15, 0.2) is 5.11 Å². The number of anilines is 2. The quantitative estimate of drug-likeness (QED) is 0.557. The Bertz CT molecular complexity index is 369. The summed E-state index contributed by atoms with van der Waals surface area (Å²) in [5.74, 6) is 0. The summed E-state index contributed by atoms with van der Waals surface area (Å²) in [7, 11) is 0. The van der Waals surface area contributed by atoms with Crippen LogP contribution >= 0.6 is 12.2 Å². The molecule has 0 amide bonds. The summed E-state index contributed by atoms with van der Waals surface area (Å²) < 4.78 is 0. The van der Waals surface area contributed by atoms with Crippen molar-refractivity contribution in [3.63, 3.8) is 0 Å². The number of benzene rings is 1. The predicted molar refractivity (Wildman–Crippen MR) is 77.1 cm³/mol. The van der Waals surface area contributed by atoms with Gasteiger partial charge in [-0.25, -0.2) is 0 Å². The molecule has 0 bridgehead atoms. The molecule has 0 spiro atoms. The van der Waals surface area contributed by atoms with E-state index in [4.69, 9.17) is 18.0 Å². The Hall–Kier alpha value is -1.29. The van der Waals surface area contributed by atoms with Crippen LogP contribution in [-0.2, 0) is 0 Å². The third kappa shape index (κ3) is 3.89. The van der Waals surface area contributed by atoms with Gasteiger partial charge in [0.05, 0.1) is 0 Å². The largest absolute Gasteiger partial charge is 0.399 e. The fourth-order valence-electron chi connectivity index (χ4n) is 2.17. The summed E-state index contributed by atoms with van der Waals surface area (Å²) in [6.45, 7) is 0. The van der Waals surface area contributed by atoms with Gasteiger partial charge in [-0.05, 0) is 49.3 Å². The smallest absolute Gasteiger partial charge is 0.170 e. The Morgan fingerprint density at radius 3 is 2.41 bits per heavy atom. The molecule has 0 heterocycles. The number of hydrogen-bond donors (Lipinski definition) is 3. The van der Waals surface area contributed by atoms with Crippen LogP contribution in [0.4, 0.5) is 11.4 Å². The molecule has 17 heavy (non-hydrogen) atoms. The first kappa shape index (κ1) is 12.2. The van der Waals surface area contributed by atoms with Gasteiger partial charge in [-0.1, -0.05) is 19.3 Å². The maximum absolute atomic E-state index is 5.63. The number of nitrogens with two attached hydrogens (primary N) is 1. The Labute approximate surface area is 108 Å². The normalized spacial score (nSPS) is 16.5. The maximum Gasteiger partial charge on any atom is 0.170 e. The fourth-order valence-corrected chi connectivity index (χ4v) is 2.45. The average Bonchev–Trinajstić information content (AvgIpc) is 2.33. The number of nitrogens with one attached hydrogen (secondary N) is 2. The molecule has 0 radical (unpaired) electrons. The van der Waals surface area contributed by atoms with Gasteiger partial charge in [0.1, 0.15) is 0 Å². The van der Waals surface area contributed by atoms with Crippen molar-refractivity contribution < 1.29 is 0 Å². The highest BCUT2D eigenvalue weighted by atomic mass is 32.1. The Kier molecular flexibility index (Phi) is 4.20. The standard InChI is InChI=1S/C13H19N3S/c14-10-6-8-12(9-7-10)16-13(17)15-11-4-2-1-3-5-11/h6-9,11H,1-5,14H2,(H2,15,16,17). The molecule has 1 saturated carbocycles. The second-order valence-corrected chi connectivity index (χ2v) is 4.96. The highest BCUT2D eigenvalue weighted by molar-refractivity contribution is 7.80. The van der Waals surface area contributed by atoms with Gasteiger partial charge in [0, 0.05) is 17.4 Å². The van der Waals surface area contributed by atoms with Crippen LogP contribution in [0.25, 0.3) is 0 Å². The lowest BCUT2D eigenvalue weighted by atomic mass is 9.96. The minimum atomic E-state index is 0.539. The molecule has 1 aliphatic carbocycles. The molecule has 4 N–H and O–H groups in total. The van der Waals surface area contributed by atoms with Gasteiger partial charge < -0.3 is 16.4 Å². The first-order chi connectivity index (χ1) is 8.24. The van der Waals surface area contributed by atoms with Gasteiger partial charge >= 0.3 is 0 Å². The second kappa shape index (κ2) is 5.87. The number of hydrogen-bond acceptors (Lipinski definition) is 2. The SMILES string of the molecule is Nc1ccc(NC(=S)NC2CCCCC2)cc1. The minimum absolute atomic E-state index is 0.539. The molecule has 0 aliphatic heterocycles. The summed E-state index contributed by atoms with van der Waals surface area (Å²) in [4.78, 5) is 0. The van der Waals surface area contributed by atoms with E-state index in [0.717, 1.165) is 11.4 Å². The molecule has 4 heteroatoms. The fraction of sp³-hybridized carbons (Fsp3) is 0.462. The van der Waals surface area contributed by atoms with Crippen molar-refractivity contribution in [3.05, 3.63) is 24.3 Å². The van der Waals surface area contributed by atoms with Crippen molar-refractivity contribution in [1.82, 2.24) is 5.32 Å². The molecular weight excluding hydrogens is 230 g/mol. The van der Waals surface area contributed by atoms with Gasteiger partial charge in [-0.3, -0.25) is 0 Å². The average molecular weight is 249 g/mol. The first-order valence-electron chi connectivity index (χ1n) is 6.17. The van der Waals surface area contributed by atoms with E-state index < -0.39 is 0 Å². The van der Waals surface area contributed by atoms with Crippen LogP contribution in [0.1, 0.15) is 32.1 Å². The van der Waals surface area contributed by atoms with Crippen molar-refractivity contribution >= 4 is 28.7 Å². The van der Waals surface area contributed by atoms with Gasteiger partial charge in [0.2, 0.25) is 0 Å². The van der Waals surface area contributed by atoms with E-state index >= 15 is 0 Å². The van der Waals surface area contributed by atoms with E-state index in [2.05, 4.69) is 10.6 Å². The van der Waals surface area contributed by atoms with Crippen LogP contribution in [0.15, 0.2) is 24.3 Å². The van der Waals surface area contributed by atoms with Crippen molar-refractivity contribution in [3.8, 4) is 0 Å². The van der Waals surface area contributed by atoms with Crippen molar-refractivity contribution in [2.24, 2.45) is 0 Å². The Balaban J connectivity index is 1.82. The van der Waals surface area contributed by atoms with E-state index in [9.17, 15) is 0 Å². The Morgan fingerprint density at radius 2 is 1.76 bits per heavy atom. The molecule has 0 unspecified atom stereocenters. The molecule has 3 nitrogen and oxygen atoms in total. The zero-order chi connectivity index (χ0) is 12.1. The van der Waals surface area contributed by atoms with Gasteiger partial charge in [-0.2, -0.15) is 0 Å². The molecule has 1 aliphatic rings. The summed E-state index contributed by atoms with van der Waals surface area (Å²) >= 11 is 5.30. The zero-order valence-electron chi connectivity index (χ0n) is 9.91. The third-order valence-electron chi connectivity index (χ3n) is 3.11. The summed E-state index contributed by atoms with van der Waals surface area (Å²) in [5, 5.41) is 7.26. The van der Waals surface area contributed by atoms with Crippen LogP contribution in [0.3, 0.4) is 0 Å². The van der Waals surface area contributed by atoms with Crippen molar-refractivity contribution in [2.75, 3.05) is 11.1 Å². The molecule has 0 atom stereocenters. The first-order valence-corrected chi connectivity index (χ1v) is 6.58. The van der Waals surface area contributed by atoms with Crippen LogP contribution in [0, 0.1) is 0 Å². The highest BCUT2D eigenvalue weighted by Gasteiger charge is 2.13. The molecule has 1 fully saturated rings. The lowest BCUT2D eigenvalue weighted by molar-refractivity contribution is 0.415. The molecule has 1 aromatic rings. The van der Waals surface area contributed by atoms with Crippen molar-refractivity contribution in [2.45, 2.75) is 38.1 Å². The summed E-state index contributed by atoms with van der Waals surface area (Å²) in [6, 6.07) is 8.14. The minimum Gasteiger partial charge on any atom is -0.399 e. The number of nitrogen functional groups attached to an aromatic ring is 1. The van der Waals surface area contributed by atoms with E-state index in [1.807, 2.05) is 24.3 Å². The molecule has 2 rings (SSSR count). The van der Waals surface area contributed by atoms with E-state index in [0.29, 0.717) is 11.2 Å². The molecule has 0 saturated heterocycles. The van der Waals surface area contributed by atoms with Crippen molar-refractivity contribution in [1.29, 1.82) is 0 Å². The van der Waals surface area contributed by atoms with Crippen LogP contribution < -0.4 is 16.4 Å². The summed E-state index contributed by atoms with van der Waals surface area (Å²) in [5.41, 5.74) is 7.38. The highest BCUT2D eigenvalue weighted by Crippen LogP contribution is 2.17. The van der Waals surface area contributed by atoms with Crippen LogP contribution in [-0.4, -0.2) is 11.2 Å². The van der Waals surface area contributed by atoms with E-state index in [-0.39, 0.29) is 0 Å². The lowest BCUT2D eigenvalue weighted by Crippen LogP contribution is -2.38. The van der Waals surface area contributed by atoms with E-state index in [1.165, 1.54) is 32.1 Å². The van der Waals surface area contributed by atoms with Crippen LogP contribution in [0.5, 0.6) is 0 Å². The Morgan fingerprint density at radius 1 is 1.12 bits per heavy atom.